The van der Waals surface area contributed by atoms with Gasteiger partial charge in [-0.15, -0.1) is 0 Å². The fraction of sp³-hybridized carbons (Fsp3) is 1.00. The van der Waals surface area contributed by atoms with Crippen LogP contribution in [0.1, 0.15) is 65.2 Å². The predicted molar refractivity (Wildman–Crippen MR) is 83.6 cm³/mol. The van der Waals surface area contributed by atoms with Crippen LogP contribution >= 0.6 is 0 Å². The lowest BCUT2D eigenvalue weighted by atomic mass is 9.84. The highest BCUT2D eigenvalue weighted by Gasteiger charge is 2.37. The van der Waals surface area contributed by atoms with Crippen molar-refractivity contribution in [2.45, 2.75) is 76.9 Å². The van der Waals surface area contributed by atoms with E-state index in [1.807, 2.05) is 6.92 Å². The Morgan fingerprint density at radius 2 is 1.75 bits per heavy atom. The molecule has 20 heavy (non-hydrogen) atoms. The summed E-state index contributed by atoms with van der Waals surface area (Å²) < 4.78 is 29.1. The first-order valence-corrected chi connectivity index (χ1v) is 9.88. The Labute approximate surface area is 124 Å². The van der Waals surface area contributed by atoms with Crippen molar-refractivity contribution < 1.29 is 13.2 Å². The number of hydrogen-bond donors (Lipinski definition) is 1. The van der Waals surface area contributed by atoms with Gasteiger partial charge in [0.1, 0.15) is 9.84 Å². The molecule has 0 aromatic carbocycles. The summed E-state index contributed by atoms with van der Waals surface area (Å²) in [4.78, 5) is 0. The van der Waals surface area contributed by atoms with Gasteiger partial charge in [0.05, 0.1) is 11.4 Å². The van der Waals surface area contributed by atoms with Gasteiger partial charge in [-0.2, -0.15) is 0 Å². The molecule has 1 unspecified atom stereocenters. The van der Waals surface area contributed by atoms with E-state index in [0.717, 1.165) is 19.3 Å². The minimum atomic E-state index is -2.88. The van der Waals surface area contributed by atoms with Crippen molar-refractivity contribution in [2.24, 2.45) is 5.73 Å². The summed E-state index contributed by atoms with van der Waals surface area (Å²) in [5, 5.41) is 0. The van der Waals surface area contributed by atoms with Crippen molar-refractivity contribution >= 4 is 9.84 Å². The number of ether oxygens (including phenoxy) is 1. The molecule has 0 heterocycles. The molecule has 0 bridgehead atoms. The molecular weight excluding hydrogens is 274 g/mol. The third kappa shape index (κ3) is 5.34. The predicted octanol–water partition coefficient (Wildman–Crippen LogP) is 2.66. The second kappa shape index (κ2) is 8.35. The Hall–Kier alpha value is -0.130. The molecule has 0 aromatic rings. The zero-order valence-corrected chi connectivity index (χ0v) is 13.9. The van der Waals surface area contributed by atoms with E-state index in [0.29, 0.717) is 13.0 Å². The van der Waals surface area contributed by atoms with Crippen molar-refractivity contribution in [3.8, 4) is 0 Å². The summed E-state index contributed by atoms with van der Waals surface area (Å²) >= 11 is 0. The van der Waals surface area contributed by atoms with E-state index in [1.165, 1.54) is 25.7 Å². The average Bonchev–Trinajstić information content (AvgIpc) is 2.65. The maximum Gasteiger partial charge on any atom is 0.150 e. The summed E-state index contributed by atoms with van der Waals surface area (Å²) in [5.74, 6) is 0.470. The Morgan fingerprint density at radius 1 is 1.15 bits per heavy atom. The van der Waals surface area contributed by atoms with Crippen LogP contribution in [-0.4, -0.2) is 38.2 Å². The summed E-state index contributed by atoms with van der Waals surface area (Å²) in [6.45, 7) is 4.39. The van der Waals surface area contributed by atoms with Gasteiger partial charge in [0, 0.05) is 18.4 Å². The minimum absolute atomic E-state index is 0.0485. The van der Waals surface area contributed by atoms with Crippen LogP contribution in [0.25, 0.3) is 0 Å². The summed E-state index contributed by atoms with van der Waals surface area (Å²) in [6.07, 6.45) is 8.26. The van der Waals surface area contributed by atoms with Gasteiger partial charge in [0.15, 0.2) is 0 Å². The average molecular weight is 305 g/mol. The van der Waals surface area contributed by atoms with Crippen molar-refractivity contribution in [2.75, 3.05) is 18.1 Å². The number of hydrogen-bond acceptors (Lipinski definition) is 4. The first kappa shape index (κ1) is 17.9. The standard InChI is InChI=1S/C15H31NO3S/c1-3-19-15(11-7-5-6-8-12-15)14(16)10-9-13-20(17,18)4-2/h14H,3-13,16H2,1-2H3. The molecule has 4 nitrogen and oxygen atoms in total. The number of rotatable bonds is 8. The van der Waals surface area contributed by atoms with E-state index in [1.54, 1.807) is 6.92 Å². The molecule has 2 N–H and O–H groups in total. The van der Waals surface area contributed by atoms with Crippen molar-refractivity contribution in [1.82, 2.24) is 0 Å². The van der Waals surface area contributed by atoms with Crippen LogP contribution in [-0.2, 0) is 14.6 Å². The molecule has 0 radical (unpaired) electrons. The lowest BCUT2D eigenvalue weighted by Crippen LogP contribution is -2.50. The van der Waals surface area contributed by atoms with Gasteiger partial charge < -0.3 is 10.5 Å². The van der Waals surface area contributed by atoms with Crippen LogP contribution in [0.15, 0.2) is 0 Å². The van der Waals surface area contributed by atoms with Crippen LogP contribution in [0.5, 0.6) is 0 Å². The highest BCUT2D eigenvalue weighted by Crippen LogP contribution is 2.34. The van der Waals surface area contributed by atoms with Crippen LogP contribution < -0.4 is 5.73 Å². The second-order valence-corrected chi connectivity index (χ2v) is 8.37. The van der Waals surface area contributed by atoms with E-state index in [9.17, 15) is 8.42 Å². The smallest absolute Gasteiger partial charge is 0.150 e. The van der Waals surface area contributed by atoms with E-state index < -0.39 is 9.84 Å². The molecule has 1 saturated carbocycles. The molecule has 1 aliphatic carbocycles. The van der Waals surface area contributed by atoms with Crippen LogP contribution in [0, 0.1) is 0 Å². The monoisotopic (exact) mass is 305 g/mol. The number of sulfone groups is 1. The molecule has 0 saturated heterocycles. The molecule has 0 aromatic heterocycles. The van der Waals surface area contributed by atoms with Gasteiger partial charge in [-0.05, 0) is 32.6 Å². The second-order valence-electron chi connectivity index (χ2n) is 5.90. The van der Waals surface area contributed by atoms with Crippen LogP contribution in [0.2, 0.25) is 0 Å². The third-order valence-corrected chi connectivity index (χ3v) is 6.26. The summed E-state index contributed by atoms with van der Waals surface area (Å²) in [5.41, 5.74) is 6.17. The van der Waals surface area contributed by atoms with Gasteiger partial charge in [-0.3, -0.25) is 0 Å². The lowest BCUT2D eigenvalue weighted by Gasteiger charge is -2.38. The highest BCUT2D eigenvalue weighted by atomic mass is 32.2. The molecule has 120 valence electrons. The van der Waals surface area contributed by atoms with Gasteiger partial charge in [-0.25, -0.2) is 8.42 Å². The molecule has 1 rings (SSSR count). The SMILES string of the molecule is CCOC1(C(N)CCCS(=O)(=O)CC)CCCCCC1. The Morgan fingerprint density at radius 3 is 2.25 bits per heavy atom. The van der Waals surface area contributed by atoms with Gasteiger partial charge in [0.2, 0.25) is 0 Å². The minimum Gasteiger partial charge on any atom is -0.374 e. The molecule has 0 spiro atoms. The van der Waals surface area contributed by atoms with Crippen molar-refractivity contribution in [1.29, 1.82) is 0 Å². The van der Waals surface area contributed by atoms with Gasteiger partial charge >= 0.3 is 0 Å². The maximum atomic E-state index is 11.5. The molecular formula is C15H31NO3S. The van der Waals surface area contributed by atoms with E-state index in [-0.39, 0.29) is 23.1 Å². The molecule has 1 aliphatic rings. The Kier molecular flexibility index (Phi) is 7.48. The highest BCUT2D eigenvalue weighted by molar-refractivity contribution is 7.91. The summed E-state index contributed by atoms with van der Waals surface area (Å²) in [6, 6.07) is -0.0485. The molecule has 5 heteroatoms. The number of nitrogens with two attached hydrogens (primary N) is 1. The van der Waals surface area contributed by atoms with E-state index >= 15 is 0 Å². The largest absolute Gasteiger partial charge is 0.374 e. The summed E-state index contributed by atoms with van der Waals surface area (Å²) in [7, 11) is -2.88. The molecule has 0 amide bonds. The van der Waals surface area contributed by atoms with Crippen LogP contribution in [0.3, 0.4) is 0 Å². The van der Waals surface area contributed by atoms with Crippen LogP contribution in [0.4, 0.5) is 0 Å². The zero-order valence-electron chi connectivity index (χ0n) is 13.1. The normalized spacial score (nSPS) is 21.4. The molecule has 0 aliphatic heterocycles. The fourth-order valence-corrected chi connectivity index (χ4v) is 4.06. The van der Waals surface area contributed by atoms with Crippen molar-refractivity contribution in [3.63, 3.8) is 0 Å². The van der Waals surface area contributed by atoms with E-state index in [2.05, 4.69) is 0 Å². The van der Waals surface area contributed by atoms with Gasteiger partial charge in [-0.1, -0.05) is 32.6 Å². The molecule has 1 fully saturated rings. The Balaban J connectivity index is 2.57. The van der Waals surface area contributed by atoms with Crippen molar-refractivity contribution in [3.05, 3.63) is 0 Å². The molecule has 1 atom stereocenters. The zero-order chi connectivity index (χ0) is 15.1. The first-order valence-electron chi connectivity index (χ1n) is 8.06. The van der Waals surface area contributed by atoms with E-state index in [4.69, 9.17) is 10.5 Å². The third-order valence-electron chi connectivity index (χ3n) is 4.47. The lowest BCUT2D eigenvalue weighted by molar-refractivity contribution is -0.0700. The Bertz CT molecular complexity index is 359. The topological polar surface area (TPSA) is 69.4 Å². The first-order chi connectivity index (χ1) is 9.46. The fourth-order valence-electron chi connectivity index (χ4n) is 3.17. The van der Waals surface area contributed by atoms with Gasteiger partial charge in [0.25, 0.3) is 0 Å². The maximum absolute atomic E-state index is 11.5. The quantitative estimate of drug-likeness (QED) is 0.700.